The van der Waals surface area contributed by atoms with E-state index in [0.29, 0.717) is 48.2 Å². The number of nitrogens with zero attached hydrogens (tertiary/aromatic N) is 1. The number of carbonyl (C=O) groups is 2. The first kappa shape index (κ1) is 35.4. The number of amides is 1. The third-order valence-corrected chi connectivity index (χ3v) is 15.8. The van der Waals surface area contributed by atoms with Crippen molar-refractivity contribution in [3.63, 3.8) is 0 Å². The standard InChI is InChI=1S/C42H62N2O4/c1-27(2)30-15-20-42(37(48)43-23-24-44(8)25-26-45)22-21-40(6)32(35(30)42)13-14-34-39(5)18-16-31(28-9-11-29(12-10-28)36(46)47)38(3,4)33(39)17-19-41(34,40)7/h9-12,16,30,32-35,45H,1,13-15,17-26H2,2-8H3,(H,43,48)(H,46,47)/t30-,32+,33?,34?,35?,39-,40+,41+,42-/m0/s1. The van der Waals surface area contributed by atoms with Gasteiger partial charge in [-0.15, -0.1) is 0 Å². The Hall–Kier alpha value is -2.44. The molecule has 1 amide bonds. The molecular formula is C42H62N2O4. The number of rotatable bonds is 9. The smallest absolute Gasteiger partial charge is 0.335 e. The van der Waals surface area contributed by atoms with Crippen molar-refractivity contribution in [3.8, 4) is 0 Å². The summed E-state index contributed by atoms with van der Waals surface area (Å²) in [6, 6.07) is 7.53. The predicted octanol–water partition coefficient (Wildman–Crippen LogP) is 8.08. The zero-order valence-corrected chi connectivity index (χ0v) is 30.8. The number of carboxylic acids is 1. The van der Waals surface area contributed by atoms with Gasteiger partial charge in [-0.25, -0.2) is 4.79 Å². The molecule has 6 heteroatoms. The Kier molecular flexibility index (Phi) is 9.15. The Labute approximate surface area is 289 Å². The first-order chi connectivity index (χ1) is 22.6. The van der Waals surface area contributed by atoms with Crippen molar-refractivity contribution in [1.82, 2.24) is 10.2 Å². The van der Waals surface area contributed by atoms with Crippen molar-refractivity contribution in [2.75, 3.05) is 33.3 Å². The summed E-state index contributed by atoms with van der Waals surface area (Å²) in [5, 5.41) is 22.2. The molecule has 0 saturated heterocycles. The van der Waals surface area contributed by atoms with E-state index in [2.05, 4.69) is 64.4 Å². The van der Waals surface area contributed by atoms with Gasteiger partial charge >= 0.3 is 5.97 Å². The molecule has 0 heterocycles. The Bertz CT molecular complexity index is 1460. The molecule has 3 unspecified atom stereocenters. The maximum Gasteiger partial charge on any atom is 0.335 e. The first-order valence-corrected chi connectivity index (χ1v) is 18.8. The van der Waals surface area contributed by atoms with Gasteiger partial charge in [0.1, 0.15) is 0 Å². The lowest BCUT2D eigenvalue weighted by atomic mass is 9.32. The maximum absolute atomic E-state index is 14.3. The summed E-state index contributed by atoms with van der Waals surface area (Å²) in [5.74, 6) is 1.80. The fourth-order valence-corrected chi connectivity index (χ4v) is 13.2. The van der Waals surface area contributed by atoms with E-state index < -0.39 is 5.97 Å². The second-order valence-corrected chi connectivity index (χ2v) is 18.1. The van der Waals surface area contributed by atoms with Gasteiger partial charge in [0.05, 0.1) is 17.6 Å². The van der Waals surface area contributed by atoms with Gasteiger partial charge in [0.25, 0.3) is 0 Å². The highest BCUT2D eigenvalue weighted by atomic mass is 16.4. The van der Waals surface area contributed by atoms with Crippen molar-refractivity contribution in [2.24, 2.45) is 56.7 Å². The molecule has 5 aliphatic rings. The van der Waals surface area contributed by atoms with Crippen LogP contribution in [-0.2, 0) is 4.79 Å². The van der Waals surface area contributed by atoms with E-state index in [1.54, 1.807) is 12.1 Å². The third-order valence-electron chi connectivity index (χ3n) is 15.8. The van der Waals surface area contributed by atoms with E-state index in [-0.39, 0.29) is 39.6 Å². The lowest BCUT2D eigenvalue weighted by Crippen LogP contribution is -2.66. The molecule has 264 valence electrons. The highest BCUT2D eigenvalue weighted by Gasteiger charge is 2.71. The molecule has 48 heavy (non-hydrogen) atoms. The molecule has 1 aromatic carbocycles. The highest BCUT2D eigenvalue weighted by molar-refractivity contribution is 5.88. The van der Waals surface area contributed by atoms with E-state index in [1.807, 2.05) is 19.2 Å². The molecule has 0 radical (unpaired) electrons. The lowest BCUT2D eigenvalue weighted by molar-refractivity contribution is -0.225. The number of aromatic carboxylic acids is 1. The summed E-state index contributed by atoms with van der Waals surface area (Å²) in [6.45, 7) is 21.6. The third kappa shape index (κ3) is 5.17. The van der Waals surface area contributed by atoms with Crippen LogP contribution < -0.4 is 5.32 Å². The number of hydrogen-bond donors (Lipinski definition) is 3. The largest absolute Gasteiger partial charge is 0.478 e. The minimum atomic E-state index is -0.878. The van der Waals surface area contributed by atoms with Crippen molar-refractivity contribution in [3.05, 3.63) is 53.6 Å². The van der Waals surface area contributed by atoms with E-state index in [9.17, 15) is 19.8 Å². The number of nitrogens with one attached hydrogen (secondary N) is 1. The summed E-state index contributed by atoms with van der Waals surface area (Å²) >= 11 is 0. The van der Waals surface area contributed by atoms with Crippen LogP contribution in [-0.4, -0.2) is 60.3 Å². The Morgan fingerprint density at radius 2 is 1.62 bits per heavy atom. The summed E-state index contributed by atoms with van der Waals surface area (Å²) in [5.41, 5.74) is 4.35. The SMILES string of the molecule is C=C(C)[C@@H]1CC[C@]2(C(=O)NCCN(C)CCO)CC[C@]3(C)[C@H](CCC4[C@@]5(C)CC=C(c6ccc(C(=O)O)cc6)C(C)(C)C5CC[C@]43C)C12. The zero-order chi connectivity index (χ0) is 34.9. The molecule has 0 aliphatic heterocycles. The number of carboxylic acid groups (broad SMARTS) is 1. The minimum Gasteiger partial charge on any atom is -0.478 e. The fraction of sp³-hybridized carbons (Fsp3) is 0.714. The van der Waals surface area contributed by atoms with E-state index in [0.717, 1.165) is 44.2 Å². The van der Waals surface area contributed by atoms with Crippen LogP contribution in [0.4, 0.5) is 0 Å². The lowest BCUT2D eigenvalue weighted by Gasteiger charge is -2.72. The zero-order valence-electron chi connectivity index (χ0n) is 30.8. The molecule has 5 aliphatic carbocycles. The normalized spacial score (nSPS) is 39.8. The summed E-state index contributed by atoms with van der Waals surface area (Å²) in [6.07, 6.45) is 12.5. The van der Waals surface area contributed by atoms with Gasteiger partial charge in [0.2, 0.25) is 5.91 Å². The predicted molar refractivity (Wildman–Crippen MR) is 193 cm³/mol. The molecular weight excluding hydrogens is 596 g/mol. The van der Waals surface area contributed by atoms with Crippen molar-refractivity contribution in [2.45, 2.75) is 99.3 Å². The Morgan fingerprint density at radius 1 is 0.917 bits per heavy atom. The molecule has 9 atom stereocenters. The number of aliphatic hydroxyl groups excluding tert-OH is 1. The molecule has 0 aromatic heterocycles. The van der Waals surface area contributed by atoms with Crippen LogP contribution in [0.3, 0.4) is 0 Å². The van der Waals surface area contributed by atoms with Gasteiger partial charge in [-0.1, -0.05) is 65.0 Å². The number of benzene rings is 1. The summed E-state index contributed by atoms with van der Waals surface area (Å²) < 4.78 is 0. The van der Waals surface area contributed by atoms with Gasteiger partial charge < -0.3 is 20.4 Å². The van der Waals surface area contributed by atoms with E-state index >= 15 is 0 Å². The van der Waals surface area contributed by atoms with Crippen molar-refractivity contribution in [1.29, 1.82) is 0 Å². The van der Waals surface area contributed by atoms with Crippen LogP contribution in [0, 0.1) is 56.7 Å². The van der Waals surface area contributed by atoms with Gasteiger partial charge in [-0.2, -0.15) is 0 Å². The first-order valence-electron chi connectivity index (χ1n) is 18.8. The van der Waals surface area contributed by atoms with Crippen LogP contribution >= 0.6 is 0 Å². The molecule has 0 bridgehead atoms. The van der Waals surface area contributed by atoms with Crippen molar-refractivity contribution < 1.29 is 19.8 Å². The molecule has 4 fully saturated rings. The van der Waals surface area contributed by atoms with Gasteiger partial charge in [0, 0.05) is 19.6 Å². The number of hydrogen-bond acceptors (Lipinski definition) is 4. The minimum absolute atomic E-state index is 0.0155. The molecule has 0 spiro atoms. The molecule has 3 N–H and O–H groups in total. The van der Waals surface area contributed by atoms with Gasteiger partial charge in [0.15, 0.2) is 0 Å². The summed E-state index contributed by atoms with van der Waals surface area (Å²) in [7, 11) is 2.00. The number of allylic oxidation sites excluding steroid dienone is 3. The van der Waals surface area contributed by atoms with Crippen LogP contribution in [0.15, 0.2) is 42.5 Å². The van der Waals surface area contributed by atoms with E-state index in [1.165, 1.54) is 36.8 Å². The quantitative estimate of drug-likeness (QED) is 0.234. The molecule has 6 rings (SSSR count). The average Bonchev–Trinajstić information content (AvgIpc) is 3.43. The van der Waals surface area contributed by atoms with E-state index in [4.69, 9.17) is 0 Å². The average molecular weight is 659 g/mol. The van der Waals surface area contributed by atoms with Gasteiger partial charge in [-0.3, -0.25) is 4.79 Å². The Balaban J connectivity index is 1.30. The van der Waals surface area contributed by atoms with Crippen LogP contribution in [0.2, 0.25) is 0 Å². The van der Waals surface area contributed by atoms with Crippen LogP contribution in [0.5, 0.6) is 0 Å². The number of likely N-dealkylation sites (N-methyl/N-ethyl adjacent to an activating group) is 1. The van der Waals surface area contributed by atoms with Crippen LogP contribution in [0.1, 0.15) is 115 Å². The topological polar surface area (TPSA) is 89.9 Å². The molecule has 6 nitrogen and oxygen atoms in total. The highest BCUT2D eigenvalue weighted by Crippen LogP contribution is 2.77. The molecule has 4 saturated carbocycles. The number of fused-ring (bicyclic) bond motifs is 7. The second kappa shape index (κ2) is 12.4. The van der Waals surface area contributed by atoms with Crippen molar-refractivity contribution >= 4 is 17.4 Å². The maximum atomic E-state index is 14.3. The van der Waals surface area contributed by atoms with Gasteiger partial charge in [-0.05, 0) is 146 Å². The molecule has 1 aromatic rings. The monoisotopic (exact) mass is 658 g/mol. The summed E-state index contributed by atoms with van der Waals surface area (Å²) in [4.78, 5) is 27.9. The second-order valence-electron chi connectivity index (χ2n) is 18.1. The number of aliphatic hydroxyl groups is 1. The number of carbonyl (C=O) groups excluding carboxylic acids is 1. The fourth-order valence-electron chi connectivity index (χ4n) is 13.2. The Morgan fingerprint density at radius 3 is 2.27 bits per heavy atom. The van der Waals surface area contributed by atoms with Crippen LogP contribution in [0.25, 0.3) is 5.57 Å².